The first-order valence-electron chi connectivity index (χ1n) is 10.7. The number of nitrogens with zero attached hydrogens (tertiary/aromatic N) is 1. The Morgan fingerprint density at radius 1 is 1.04 bits per heavy atom. The number of hydrogen-bond acceptors (Lipinski definition) is 4. The van der Waals surface area contributed by atoms with E-state index in [0.29, 0.717) is 38.1 Å². The molecule has 1 unspecified atom stereocenters. The molecule has 5 N–H and O–H groups in total. The number of unbranched alkanes of at least 4 members (excludes halogenated alkanes) is 1. The summed E-state index contributed by atoms with van der Waals surface area (Å²) in [5, 5.41) is 14.6. The molecule has 2 aliphatic rings. The molecule has 0 spiro atoms. The zero-order valence-electron chi connectivity index (χ0n) is 17.0. The third-order valence-electron chi connectivity index (χ3n) is 5.89. The molecular weight excluding hydrogens is 360 g/mol. The van der Waals surface area contributed by atoms with Gasteiger partial charge in [-0.2, -0.15) is 0 Å². The van der Waals surface area contributed by atoms with Gasteiger partial charge >= 0.3 is 12.0 Å². The molecule has 2 aliphatic carbocycles. The molecule has 8 nitrogen and oxygen atoms in total. The van der Waals surface area contributed by atoms with Gasteiger partial charge in [0, 0.05) is 13.1 Å². The van der Waals surface area contributed by atoms with E-state index in [1.54, 1.807) is 11.9 Å². The lowest BCUT2D eigenvalue weighted by Gasteiger charge is -2.30. The van der Waals surface area contributed by atoms with Gasteiger partial charge < -0.3 is 26.4 Å². The van der Waals surface area contributed by atoms with E-state index in [-0.39, 0.29) is 11.9 Å². The maximum Gasteiger partial charge on any atom is 0.326 e. The van der Waals surface area contributed by atoms with Crippen molar-refractivity contribution in [1.82, 2.24) is 15.5 Å². The van der Waals surface area contributed by atoms with Gasteiger partial charge in [-0.1, -0.05) is 32.1 Å². The predicted octanol–water partition coefficient (Wildman–Crippen LogP) is 1.83. The normalized spacial score (nSPS) is 19.5. The molecule has 0 saturated heterocycles. The highest BCUT2D eigenvalue weighted by Gasteiger charge is 2.35. The van der Waals surface area contributed by atoms with E-state index in [4.69, 9.17) is 5.73 Å². The molecule has 0 aromatic heterocycles. The van der Waals surface area contributed by atoms with Gasteiger partial charge in [0.05, 0.1) is 0 Å². The van der Waals surface area contributed by atoms with Crippen LogP contribution in [0.3, 0.4) is 0 Å². The fourth-order valence-corrected chi connectivity index (χ4v) is 3.97. The van der Waals surface area contributed by atoms with E-state index < -0.39 is 24.1 Å². The summed E-state index contributed by atoms with van der Waals surface area (Å²) in [5.41, 5.74) is 5.45. The number of carbonyl (C=O) groups is 3. The molecule has 28 heavy (non-hydrogen) atoms. The van der Waals surface area contributed by atoms with Crippen LogP contribution < -0.4 is 16.4 Å². The van der Waals surface area contributed by atoms with E-state index in [1.807, 2.05) is 0 Å². The highest BCUT2D eigenvalue weighted by atomic mass is 16.4. The number of urea groups is 1. The fourth-order valence-electron chi connectivity index (χ4n) is 3.97. The first kappa shape index (κ1) is 22.5. The highest BCUT2D eigenvalue weighted by Crippen LogP contribution is 2.30. The van der Waals surface area contributed by atoms with Crippen molar-refractivity contribution >= 4 is 17.9 Å². The minimum Gasteiger partial charge on any atom is -0.480 e. The molecule has 3 amide bonds. The summed E-state index contributed by atoms with van der Waals surface area (Å²) >= 11 is 0. The largest absolute Gasteiger partial charge is 0.480 e. The van der Waals surface area contributed by atoms with Crippen LogP contribution in [-0.4, -0.2) is 59.6 Å². The van der Waals surface area contributed by atoms with Crippen molar-refractivity contribution in [3.05, 3.63) is 0 Å². The molecule has 0 bridgehead atoms. The second-order valence-corrected chi connectivity index (χ2v) is 8.27. The van der Waals surface area contributed by atoms with E-state index >= 15 is 0 Å². The van der Waals surface area contributed by atoms with Crippen LogP contribution in [0.4, 0.5) is 4.79 Å². The Balaban J connectivity index is 1.95. The maximum absolute atomic E-state index is 12.9. The number of aliphatic carboxylic acids is 1. The number of carboxylic acid groups (broad SMARTS) is 1. The van der Waals surface area contributed by atoms with Gasteiger partial charge in [0.1, 0.15) is 12.1 Å². The predicted molar refractivity (Wildman–Crippen MR) is 107 cm³/mol. The number of carbonyl (C=O) groups excluding carboxylic acids is 2. The van der Waals surface area contributed by atoms with Gasteiger partial charge in [-0.15, -0.1) is 0 Å². The summed E-state index contributed by atoms with van der Waals surface area (Å²) in [4.78, 5) is 38.6. The Morgan fingerprint density at radius 3 is 2.25 bits per heavy atom. The van der Waals surface area contributed by atoms with Crippen molar-refractivity contribution in [3.8, 4) is 0 Å². The van der Waals surface area contributed by atoms with Gasteiger partial charge in [0.25, 0.3) is 0 Å². The van der Waals surface area contributed by atoms with Crippen LogP contribution >= 0.6 is 0 Å². The molecule has 0 aromatic rings. The number of rotatable bonds is 11. The zero-order valence-corrected chi connectivity index (χ0v) is 17.0. The Kier molecular flexibility index (Phi) is 9.02. The molecule has 2 fully saturated rings. The summed E-state index contributed by atoms with van der Waals surface area (Å²) in [6.45, 7) is 0.490. The average molecular weight is 397 g/mol. The van der Waals surface area contributed by atoms with Gasteiger partial charge in [-0.3, -0.25) is 4.79 Å². The number of amides is 3. The Hall–Kier alpha value is -1.83. The molecule has 2 rings (SSSR count). The molecule has 0 aliphatic heterocycles. The molecule has 0 aromatic carbocycles. The van der Waals surface area contributed by atoms with Crippen LogP contribution in [0.2, 0.25) is 0 Å². The number of carboxylic acids is 1. The van der Waals surface area contributed by atoms with Crippen molar-refractivity contribution in [2.24, 2.45) is 11.7 Å². The number of likely N-dealkylation sites (N-methyl/N-ethyl adjacent to an activating group) is 1. The van der Waals surface area contributed by atoms with Crippen molar-refractivity contribution < 1.29 is 19.5 Å². The van der Waals surface area contributed by atoms with E-state index in [9.17, 15) is 19.5 Å². The summed E-state index contributed by atoms with van der Waals surface area (Å²) in [6, 6.07) is -1.89. The number of hydrogen-bond donors (Lipinski definition) is 4. The van der Waals surface area contributed by atoms with Crippen molar-refractivity contribution in [2.45, 2.75) is 88.8 Å². The quantitative estimate of drug-likeness (QED) is 0.397. The number of nitrogens with two attached hydrogens (primary N) is 1. The van der Waals surface area contributed by atoms with Gasteiger partial charge in [-0.25, -0.2) is 9.59 Å². The molecule has 0 radical (unpaired) electrons. The summed E-state index contributed by atoms with van der Waals surface area (Å²) in [6.07, 6.45) is 10.0. The topological polar surface area (TPSA) is 125 Å². The molecule has 2 atom stereocenters. The van der Waals surface area contributed by atoms with Crippen LogP contribution in [0.1, 0.15) is 70.6 Å². The summed E-state index contributed by atoms with van der Waals surface area (Å²) < 4.78 is 0. The molecule has 0 heterocycles. The zero-order chi connectivity index (χ0) is 20.5. The maximum atomic E-state index is 12.9. The minimum atomic E-state index is -1.07. The highest BCUT2D eigenvalue weighted by molar-refractivity contribution is 5.89. The van der Waals surface area contributed by atoms with Crippen LogP contribution in [0, 0.1) is 5.92 Å². The molecule has 2 saturated carbocycles. The SMILES string of the molecule is CN(C(=O)[C@@H](CC1CCCCC1)NC(=O)NC(CCCCN)C(=O)O)C1CC1. The molecule has 160 valence electrons. The van der Waals surface area contributed by atoms with Gasteiger partial charge in [0.15, 0.2) is 0 Å². The smallest absolute Gasteiger partial charge is 0.326 e. The Bertz CT molecular complexity index is 532. The lowest BCUT2D eigenvalue weighted by atomic mass is 9.84. The summed E-state index contributed by atoms with van der Waals surface area (Å²) in [5.74, 6) is -0.717. The van der Waals surface area contributed by atoms with Gasteiger partial charge in [-0.05, 0) is 51.0 Å². The molecule has 8 heteroatoms. The third kappa shape index (κ3) is 7.30. The average Bonchev–Trinajstić information content (AvgIpc) is 3.51. The standard InChI is InChI=1S/C20H36N4O4/c1-24(15-10-11-15)18(25)17(13-14-7-3-2-4-8-14)23-20(28)22-16(19(26)27)9-5-6-12-21/h14-17H,2-13,21H2,1H3,(H,26,27)(H2,22,23,28)/t16?,17-/m1/s1. The monoisotopic (exact) mass is 396 g/mol. The van der Waals surface area contributed by atoms with Crippen molar-refractivity contribution in [3.63, 3.8) is 0 Å². The Morgan fingerprint density at radius 2 is 1.68 bits per heavy atom. The van der Waals surface area contributed by atoms with Gasteiger partial charge in [0.2, 0.25) is 5.91 Å². The van der Waals surface area contributed by atoms with Crippen molar-refractivity contribution in [1.29, 1.82) is 0 Å². The second kappa shape index (κ2) is 11.2. The van der Waals surface area contributed by atoms with Crippen LogP contribution in [0.25, 0.3) is 0 Å². The van der Waals surface area contributed by atoms with Crippen LogP contribution in [0.15, 0.2) is 0 Å². The van der Waals surface area contributed by atoms with Crippen LogP contribution in [0.5, 0.6) is 0 Å². The summed E-state index contributed by atoms with van der Waals surface area (Å²) in [7, 11) is 1.79. The van der Waals surface area contributed by atoms with E-state index in [2.05, 4.69) is 10.6 Å². The fraction of sp³-hybridized carbons (Fsp3) is 0.850. The second-order valence-electron chi connectivity index (χ2n) is 8.27. The lowest BCUT2D eigenvalue weighted by Crippen LogP contribution is -2.54. The van der Waals surface area contributed by atoms with Crippen molar-refractivity contribution in [2.75, 3.05) is 13.6 Å². The minimum absolute atomic E-state index is 0.0711. The number of nitrogens with one attached hydrogen (secondary N) is 2. The first-order chi connectivity index (χ1) is 13.4. The Labute approximate surface area is 167 Å². The van der Waals surface area contributed by atoms with E-state index in [1.165, 1.54) is 19.3 Å². The van der Waals surface area contributed by atoms with E-state index in [0.717, 1.165) is 25.7 Å². The lowest BCUT2D eigenvalue weighted by molar-refractivity contribution is -0.139. The third-order valence-corrected chi connectivity index (χ3v) is 5.89. The molecular formula is C20H36N4O4. The van der Waals surface area contributed by atoms with Crippen LogP contribution in [-0.2, 0) is 9.59 Å². The first-order valence-corrected chi connectivity index (χ1v) is 10.7.